The molecule has 1 aliphatic heterocycles. The van der Waals surface area contributed by atoms with Gasteiger partial charge in [0, 0.05) is 39.9 Å². The van der Waals surface area contributed by atoms with Gasteiger partial charge in [-0.1, -0.05) is 91.0 Å². The first kappa shape index (κ1) is 25.4. The number of anilines is 1. The molecule has 6 heteroatoms. The first-order valence-corrected chi connectivity index (χ1v) is 14.2. The number of hydrogen-bond donors (Lipinski definition) is 0. The summed E-state index contributed by atoms with van der Waals surface area (Å²) in [6.45, 7) is 0. The van der Waals surface area contributed by atoms with Crippen molar-refractivity contribution in [1.82, 2.24) is 9.55 Å². The van der Waals surface area contributed by atoms with E-state index < -0.39 is 0 Å². The molecule has 0 spiro atoms. The molecule has 44 heavy (non-hydrogen) atoms. The first-order valence-electron chi connectivity index (χ1n) is 14.2. The van der Waals surface area contributed by atoms with Crippen LogP contribution in [-0.2, 0) is 0 Å². The molecule has 0 N–H and O–H groups in total. The van der Waals surface area contributed by atoms with Crippen LogP contribution in [0.15, 0.2) is 134 Å². The lowest BCUT2D eigenvalue weighted by atomic mass is 9.99. The Balaban J connectivity index is 1.40. The third kappa shape index (κ3) is 3.63. The Kier molecular flexibility index (Phi) is 5.71. The quantitative estimate of drug-likeness (QED) is 0.201. The van der Waals surface area contributed by atoms with E-state index in [0.29, 0.717) is 33.6 Å². The number of hydrogen-bond acceptors (Lipinski definition) is 4. The van der Waals surface area contributed by atoms with Crippen LogP contribution in [0, 0.1) is 11.3 Å². The maximum Gasteiger partial charge on any atom is 0.268 e. The Labute approximate surface area is 252 Å². The van der Waals surface area contributed by atoms with Gasteiger partial charge in [0.1, 0.15) is 0 Å². The summed E-state index contributed by atoms with van der Waals surface area (Å²) >= 11 is 0. The van der Waals surface area contributed by atoms with E-state index in [1.54, 1.807) is 24.5 Å². The summed E-state index contributed by atoms with van der Waals surface area (Å²) < 4.78 is 2.05. The predicted molar refractivity (Wildman–Crippen MR) is 172 cm³/mol. The number of benzene rings is 5. The van der Waals surface area contributed by atoms with Crippen molar-refractivity contribution < 1.29 is 9.59 Å². The Morgan fingerprint density at radius 2 is 1.27 bits per heavy atom. The lowest BCUT2D eigenvalue weighted by Gasteiger charge is -2.19. The largest absolute Gasteiger partial charge is 0.308 e. The fourth-order valence-corrected chi connectivity index (χ4v) is 6.40. The van der Waals surface area contributed by atoms with Crippen LogP contribution in [0.25, 0.3) is 49.7 Å². The highest BCUT2D eigenvalue weighted by Crippen LogP contribution is 2.42. The standard InChI is InChI=1S/C38H22N4O2/c39-22-25-20-21-40-23-31(25)29-15-8-14-28-27-13-5-7-18-33(27)41(36(28)29)34-19-9-16-30-35(34)38(44)42(37(30)43)32-17-6-4-12-26(32)24-10-2-1-3-11-24/h1-21,23H. The highest BCUT2D eigenvalue weighted by Gasteiger charge is 2.40. The average molecular weight is 567 g/mol. The van der Waals surface area contributed by atoms with Crippen LogP contribution < -0.4 is 4.90 Å². The smallest absolute Gasteiger partial charge is 0.268 e. The highest BCUT2D eigenvalue weighted by molar-refractivity contribution is 6.36. The molecule has 0 atom stereocenters. The number of nitrogens with zero attached hydrogens (tertiary/aromatic N) is 4. The second-order valence-corrected chi connectivity index (χ2v) is 10.6. The fourth-order valence-electron chi connectivity index (χ4n) is 6.40. The van der Waals surface area contributed by atoms with Crippen LogP contribution in [0.1, 0.15) is 26.3 Å². The van der Waals surface area contributed by atoms with E-state index in [2.05, 4.69) is 11.1 Å². The summed E-state index contributed by atoms with van der Waals surface area (Å²) in [5, 5.41) is 11.9. The van der Waals surface area contributed by atoms with Gasteiger partial charge in [-0.2, -0.15) is 5.26 Å². The van der Waals surface area contributed by atoms with E-state index in [4.69, 9.17) is 0 Å². The third-order valence-corrected chi connectivity index (χ3v) is 8.29. The lowest BCUT2D eigenvalue weighted by molar-refractivity contribution is 0.0926. The van der Waals surface area contributed by atoms with E-state index in [-0.39, 0.29) is 11.8 Å². The van der Waals surface area contributed by atoms with Gasteiger partial charge in [-0.3, -0.25) is 14.6 Å². The number of aromatic nitrogens is 2. The normalized spacial score (nSPS) is 12.6. The van der Waals surface area contributed by atoms with Crippen LogP contribution in [0.2, 0.25) is 0 Å². The Bertz CT molecular complexity index is 2350. The van der Waals surface area contributed by atoms with Gasteiger partial charge in [-0.15, -0.1) is 0 Å². The zero-order valence-electron chi connectivity index (χ0n) is 23.3. The Hall–Kier alpha value is -6.32. The van der Waals surface area contributed by atoms with Crippen molar-refractivity contribution in [2.45, 2.75) is 0 Å². The van der Waals surface area contributed by atoms with Gasteiger partial charge in [0.05, 0.1) is 45.2 Å². The van der Waals surface area contributed by atoms with Crippen LogP contribution in [0.5, 0.6) is 0 Å². The molecule has 206 valence electrons. The average Bonchev–Trinajstić information content (AvgIpc) is 3.56. The van der Waals surface area contributed by atoms with Crippen LogP contribution in [0.4, 0.5) is 5.69 Å². The number of imide groups is 1. The van der Waals surface area contributed by atoms with E-state index >= 15 is 0 Å². The lowest BCUT2D eigenvalue weighted by Crippen LogP contribution is -2.30. The van der Waals surface area contributed by atoms with E-state index in [9.17, 15) is 14.9 Å². The van der Waals surface area contributed by atoms with Crippen LogP contribution in [0.3, 0.4) is 0 Å². The number of fused-ring (bicyclic) bond motifs is 4. The van der Waals surface area contributed by atoms with E-state index in [1.165, 1.54) is 4.90 Å². The second-order valence-electron chi connectivity index (χ2n) is 10.6. The van der Waals surface area contributed by atoms with E-state index in [0.717, 1.165) is 38.5 Å². The number of amides is 2. The van der Waals surface area contributed by atoms with Crippen molar-refractivity contribution in [1.29, 1.82) is 5.26 Å². The summed E-state index contributed by atoms with van der Waals surface area (Å²) in [6, 6.07) is 40.6. The molecule has 0 bridgehead atoms. The molecule has 0 saturated carbocycles. The molecule has 0 unspecified atom stereocenters. The number of para-hydroxylation sites is 3. The summed E-state index contributed by atoms with van der Waals surface area (Å²) in [4.78, 5) is 34.2. The minimum absolute atomic E-state index is 0.338. The van der Waals surface area contributed by atoms with Crippen molar-refractivity contribution in [3.8, 4) is 34.0 Å². The van der Waals surface area contributed by atoms with Gasteiger partial charge >= 0.3 is 0 Å². The zero-order chi connectivity index (χ0) is 29.8. The Morgan fingerprint density at radius 3 is 2.14 bits per heavy atom. The summed E-state index contributed by atoms with van der Waals surface area (Å²) in [5.41, 5.74) is 7.24. The number of rotatable bonds is 4. The monoisotopic (exact) mass is 566 g/mol. The molecule has 8 rings (SSSR count). The van der Waals surface area contributed by atoms with Gasteiger partial charge in [-0.25, -0.2) is 4.90 Å². The predicted octanol–water partition coefficient (Wildman–Crippen LogP) is 8.18. The van der Waals surface area contributed by atoms with Crippen molar-refractivity contribution in [2.24, 2.45) is 0 Å². The minimum atomic E-state index is -0.383. The number of carbonyl (C=O) groups excluding carboxylic acids is 2. The molecule has 0 aliphatic carbocycles. The highest BCUT2D eigenvalue weighted by atomic mass is 16.2. The van der Waals surface area contributed by atoms with Gasteiger partial charge in [0.25, 0.3) is 11.8 Å². The van der Waals surface area contributed by atoms with Crippen LogP contribution >= 0.6 is 0 Å². The Morgan fingerprint density at radius 1 is 0.591 bits per heavy atom. The molecular weight excluding hydrogens is 544 g/mol. The van der Waals surface area contributed by atoms with Gasteiger partial charge in [0.15, 0.2) is 0 Å². The second kappa shape index (κ2) is 9.90. The molecule has 2 amide bonds. The fraction of sp³-hybridized carbons (Fsp3) is 0. The third-order valence-electron chi connectivity index (χ3n) is 8.29. The molecule has 6 nitrogen and oxygen atoms in total. The number of nitriles is 1. The molecule has 0 radical (unpaired) electrons. The van der Waals surface area contributed by atoms with Crippen molar-refractivity contribution in [3.05, 3.63) is 150 Å². The van der Waals surface area contributed by atoms with Gasteiger partial charge in [-0.05, 0) is 35.9 Å². The molecule has 7 aromatic rings. The first-order chi connectivity index (χ1) is 21.7. The molecule has 0 fully saturated rings. The number of pyridine rings is 1. The maximum atomic E-state index is 14.5. The zero-order valence-corrected chi connectivity index (χ0v) is 23.3. The topological polar surface area (TPSA) is 79.0 Å². The van der Waals surface area contributed by atoms with Crippen molar-refractivity contribution in [3.63, 3.8) is 0 Å². The molecule has 0 saturated heterocycles. The van der Waals surface area contributed by atoms with Gasteiger partial charge in [0.2, 0.25) is 0 Å². The SMILES string of the molecule is N#Cc1ccncc1-c1cccc2c3ccccc3n(-c3cccc4c3C(=O)N(c3ccccc3-c3ccccc3)C4=O)c12. The molecule has 1 aliphatic rings. The summed E-state index contributed by atoms with van der Waals surface area (Å²) in [7, 11) is 0. The molecule has 5 aromatic carbocycles. The maximum absolute atomic E-state index is 14.5. The summed E-state index contributed by atoms with van der Waals surface area (Å²) in [5.74, 6) is -0.748. The van der Waals surface area contributed by atoms with E-state index in [1.807, 2.05) is 114 Å². The number of carbonyl (C=O) groups is 2. The van der Waals surface area contributed by atoms with Crippen molar-refractivity contribution in [2.75, 3.05) is 4.90 Å². The molecule has 2 aromatic heterocycles. The van der Waals surface area contributed by atoms with Gasteiger partial charge < -0.3 is 4.57 Å². The van der Waals surface area contributed by atoms with Crippen LogP contribution in [-0.4, -0.2) is 21.4 Å². The molecular formula is C38H22N4O2. The molecule has 3 heterocycles. The van der Waals surface area contributed by atoms with Crippen molar-refractivity contribution >= 4 is 39.3 Å². The minimum Gasteiger partial charge on any atom is -0.308 e. The summed E-state index contributed by atoms with van der Waals surface area (Å²) in [6.07, 6.45) is 3.30.